The van der Waals surface area contributed by atoms with Crippen molar-refractivity contribution in [3.8, 4) is 17.6 Å². The van der Waals surface area contributed by atoms with Gasteiger partial charge in [-0.25, -0.2) is 0 Å². The maximum atomic E-state index is 11.6. The summed E-state index contributed by atoms with van der Waals surface area (Å²) in [4.78, 5) is 11.6. The van der Waals surface area contributed by atoms with Crippen molar-refractivity contribution in [2.45, 2.75) is 12.3 Å². The van der Waals surface area contributed by atoms with Crippen LogP contribution in [0, 0.1) is 11.8 Å². The molecule has 1 atom stereocenters. The van der Waals surface area contributed by atoms with Crippen molar-refractivity contribution in [1.82, 2.24) is 0 Å². The molecule has 0 saturated heterocycles. The molecule has 0 aliphatic heterocycles. The summed E-state index contributed by atoms with van der Waals surface area (Å²) in [5.41, 5.74) is -0.437. The van der Waals surface area contributed by atoms with Gasteiger partial charge in [0.2, 0.25) is 0 Å². The van der Waals surface area contributed by atoms with Gasteiger partial charge in [-0.3, -0.25) is 4.79 Å². The molecule has 100 valence electrons. The second kappa shape index (κ2) is 5.50. The highest BCUT2D eigenvalue weighted by molar-refractivity contribution is 5.86. The van der Waals surface area contributed by atoms with Gasteiger partial charge in [-0.1, -0.05) is 48.2 Å². The van der Waals surface area contributed by atoms with E-state index >= 15 is 0 Å². The summed E-state index contributed by atoms with van der Waals surface area (Å²) in [5.74, 6) is 4.45. The lowest BCUT2D eigenvalue weighted by Crippen LogP contribution is -2.30. The third kappa shape index (κ3) is 2.65. The average molecular weight is 266 g/mol. The van der Waals surface area contributed by atoms with Crippen molar-refractivity contribution in [3.63, 3.8) is 0 Å². The number of phenols is 1. The van der Waals surface area contributed by atoms with E-state index in [0.717, 1.165) is 5.56 Å². The average Bonchev–Trinajstić information content (AvgIpc) is 2.46. The van der Waals surface area contributed by atoms with Crippen LogP contribution in [0.1, 0.15) is 18.1 Å². The topological polar surface area (TPSA) is 57.5 Å². The van der Waals surface area contributed by atoms with Gasteiger partial charge in [-0.15, -0.1) is 0 Å². The number of rotatable bonds is 2. The number of hydrogen-bond donors (Lipinski definition) is 2. The number of phenolic OH excluding ortho intramolecular Hbond substituents is 1. The predicted octanol–water partition coefficient (Wildman–Crippen LogP) is 2.79. The second-order valence-corrected chi connectivity index (χ2v) is 4.56. The number of benzene rings is 2. The molecule has 3 heteroatoms. The van der Waals surface area contributed by atoms with Gasteiger partial charge in [0.1, 0.15) is 5.75 Å². The summed E-state index contributed by atoms with van der Waals surface area (Å²) in [6.07, 6.45) is 0. The first-order chi connectivity index (χ1) is 9.54. The van der Waals surface area contributed by atoms with Crippen LogP contribution < -0.4 is 0 Å². The fourth-order valence-corrected chi connectivity index (χ4v) is 1.85. The lowest BCUT2D eigenvalue weighted by atomic mass is 9.82. The summed E-state index contributed by atoms with van der Waals surface area (Å²) in [7, 11) is 0. The monoisotopic (exact) mass is 266 g/mol. The Balaban J connectivity index is 2.50. The molecular formula is C17H14O3. The first-order valence-electron chi connectivity index (χ1n) is 6.14. The van der Waals surface area contributed by atoms with Crippen molar-refractivity contribution in [2.24, 2.45) is 0 Å². The molecule has 20 heavy (non-hydrogen) atoms. The standard InChI is InChI=1S/C17H14O3/c1-17(16(19)20,14-9-5-6-10-15(14)18)12-11-13-7-3-2-4-8-13/h2-10,18H,1H3,(H,19,20). The molecule has 0 aliphatic rings. The minimum atomic E-state index is -1.46. The van der Waals surface area contributed by atoms with Gasteiger partial charge in [-0.2, -0.15) is 0 Å². The van der Waals surface area contributed by atoms with E-state index in [1.165, 1.54) is 13.0 Å². The Hall–Kier alpha value is -2.73. The van der Waals surface area contributed by atoms with Crippen LogP contribution in [0.25, 0.3) is 0 Å². The van der Waals surface area contributed by atoms with Gasteiger partial charge in [-0.05, 0) is 25.1 Å². The number of aromatic hydroxyl groups is 1. The number of aliphatic carboxylic acids is 1. The van der Waals surface area contributed by atoms with E-state index in [4.69, 9.17) is 0 Å². The van der Waals surface area contributed by atoms with E-state index < -0.39 is 11.4 Å². The Bertz CT molecular complexity index is 680. The molecule has 0 saturated carbocycles. The normalized spacial score (nSPS) is 12.8. The molecule has 3 nitrogen and oxygen atoms in total. The van der Waals surface area contributed by atoms with Crippen molar-refractivity contribution < 1.29 is 15.0 Å². The largest absolute Gasteiger partial charge is 0.508 e. The van der Waals surface area contributed by atoms with Crippen LogP contribution in [0.4, 0.5) is 0 Å². The Morgan fingerprint density at radius 2 is 1.65 bits per heavy atom. The summed E-state index contributed by atoms with van der Waals surface area (Å²) in [6, 6.07) is 15.5. The number of carboxylic acids is 1. The molecule has 0 aromatic heterocycles. The molecular weight excluding hydrogens is 252 g/mol. The minimum Gasteiger partial charge on any atom is -0.508 e. The van der Waals surface area contributed by atoms with Crippen molar-refractivity contribution >= 4 is 5.97 Å². The maximum Gasteiger partial charge on any atom is 0.326 e. The van der Waals surface area contributed by atoms with Crippen molar-refractivity contribution in [3.05, 3.63) is 65.7 Å². The van der Waals surface area contributed by atoms with Gasteiger partial charge in [0.15, 0.2) is 5.41 Å². The summed E-state index contributed by atoms with van der Waals surface area (Å²) in [6.45, 7) is 1.49. The van der Waals surface area contributed by atoms with Crippen LogP contribution in [0.3, 0.4) is 0 Å². The lowest BCUT2D eigenvalue weighted by Gasteiger charge is -2.19. The van der Waals surface area contributed by atoms with Crippen molar-refractivity contribution in [1.29, 1.82) is 0 Å². The van der Waals surface area contributed by atoms with Gasteiger partial charge in [0.25, 0.3) is 0 Å². The lowest BCUT2D eigenvalue weighted by molar-refractivity contribution is -0.141. The predicted molar refractivity (Wildman–Crippen MR) is 76.4 cm³/mol. The van der Waals surface area contributed by atoms with Crippen LogP contribution in [0.5, 0.6) is 5.75 Å². The molecule has 1 unspecified atom stereocenters. The molecule has 0 aliphatic carbocycles. The second-order valence-electron chi connectivity index (χ2n) is 4.56. The van der Waals surface area contributed by atoms with E-state index in [0.29, 0.717) is 0 Å². The van der Waals surface area contributed by atoms with Crippen LogP contribution in [0.2, 0.25) is 0 Å². The number of para-hydroxylation sites is 1. The Morgan fingerprint density at radius 1 is 1.05 bits per heavy atom. The Morgan fingerprint density at radius 3 is 2.25 bits per heavy atom. The minimum absolute atomic E-state index is 0.0697. The van der Waals surface area contributed by atoms with Crippen LogP contribution in [-0.4, -0.2) is 16.2 Å². The van der Waals surface area contributed by atoms with E-state index in [2.05, 4.69) is 11.8 Å². The van der Waals surface area contributed by atoms with Crippen LogP contribution in [-0.2, 0) is 10.2 Å². The highest BCUT2D eigenvalue weighted by Crippen LogP contribution is 2.31. The van der Waals surface area contributed by atoms with Crippen LogP contribution >= 0.6 is 0 Å². The highest BCUT2D eigenvalue weighted by atomic mass is 16.4. The van der Waals surface area contributed by atoms with Crippen molar-refractivity contribution in [2.75, 3.05) is 0 Å². The van der Waals surface area contributed by atoms with Gasteiger partial charge in [0.05, 0.1) is 0 Å². The van der Waals surface area contributed by atoms with E-state index in [-0.39, 0.29) is 11.3 Å². The SMILES string of the molecule is CC(C#Cc1ccccc1)(C(=O)O)c1ccccc1O. The summed E-state index contributed by atoms with van der Waals surface area (Å²) < 4.78 is 0. The van der Waals surface area contributed by atoms with Gasteiger partial charge >= 0.3 is 5.97 Å². The number of carbonyl (C=O) groups is 1. The van der Waals surface area contributed by atoms with Gasteiger partial charge < -0.3 is 10.2 Å². The Labute approximate surface area is 117 Å². The van der Waals surface area contributed by atoms with E-state index in [1.807, 2.05) is 18.2 Å². The zero-order valence-corrected chi connectivity index (χ0v) is 11.0. The van der Waals surface area contributed by atoms with E-state index in [1.54, 1.807) is 30.3 Å². The fraction of sp³-hybridized carbons (Fsp3) is 0.118. The molecule has 2 aromatic rings. The smallest absolute Gasteiger partial charge is 0.326 e. The molecule has 2 rings (SSSR count). The molecule has 0 heterocycles. The molecule has 0 fully saturated rings. The first-order valence-corrected chi connectivity index (χ1v) is 6.14. The third-order valence-corrected chi connectivity index (χ3v) is 3.10. The fourth-order valence-electron chi connectivity index (χ4n) is 1.85. The van der Waals surface area contributed by atoms with Gasteiger partial charge in [0, 0.05) is 11.1 Å². The molecule has 0 spiro atoms. The number of hydrogen-bond acceptors (Lipinski definition) is 2. The quantitative estimate of drug-likeness (QED) is 0.822. The molecule has 0 bridgehead atoms. The summed E-state index contributed by atoms with van der Waals surface area (Å²) >= 11 is 0. The van der Waals surface area contributed by atoms with E-state index in [9.17, 15) is 15.0 Å². The zero-order valence-electron chi connectivity index (χ0n) is 11.0. The maximum absolute atomic E-state index is 11.6. The number of carboxylic acid groups (broad SMARTS) is 1. The first kappa shape index (κ1) is 13.7. The molecule has 0 radical (unpaired) electrons. The highest BCUT2D eigenvalue weighted by Gasteiger charge is 2.35. The third-order valence-electron chi connectivity index (χ3n) is 3.10. The Kier molecular flexibility index (Phi) is 3.76. The zero-order chi connectivity index (χ0) is 14.6. The molecule has 0 amide bonds. The van der Waals surface area contributed by atoms with Crippen LogP contribution in [0.15, 0.2) is 54.6 Å². The molecule has 2 aromatic carbocycles. The summed E-state index contributed by atoms with van der Waals surface area (Å²) in [5, 5.41) is 19.3. The molecule has 2 N–H and O–H groups in total.